The van der Waals surface area contributed by atoms with Gasteiger partial charge in [0.25, 0.3) is 11.8 Å². The highest BCUT2D eigenvalue weighted by Crippen LogP contribution is 2.23. The van der Waals surface area contributed by atoms with Crippen molar-refractivity contribution in [3.8, 4) is 0 Å². The van der Waals surface area contributed by atoms with E-state index < -0.39 is 6.04 Å². The number of fused-ring (bicyclic) bond motifs is 1. The summed E-state index contributed by atoms with van der Waals surface area (Å²) in [6, 6.07) is 14.0. The van der Waals surface area contributed by atoms with E-state index in [1.807, 2.05) is 52.0 Å². The first kappa shape index (κ1) is 26.1. The molecule has 186 valence electrons. The molecule has 2 aromatic rings. The predicted octanol–water partition coefficient (Wildman–Crippen LogP) is 3.95. The first-order valence-corrected chi connectivity index (χ1v) is 12.3. The zero-order chi connectivity index (χ0) is 25.5. The summed E-state index contributed by atoms with van der Waals surface area (Å²) in [5.74, 6) is -0.683. The lowest BCUT2D eigenvalue weighted by Gasteiger charge is -2.31. The van der Waals surface area contributed by atoms with Crippen LogP contribution >= 0.6 is 0 Å². The molecule has 1 aliphatic heterocycles. The summed E-state index contributed by atoms with van der Waals surface area (Å²) in [6.07, 6.45) is 0.950. The normalized spacial score (nSPS) is 13.7. The molecule has 0 saturated heterocycles. The Hall–Kier alpha value is -3.48. The van der Waals surface area contributed by atoms with E-state index in [1.165, 1.54) is 4.90 Å². The van der Waals surface area contributed by atoms with Gasteiger partial charge in [-0.15, -0.1) is 0 Å². The van der Waals surface area contributed by atoms with Gasteiger partial charge in [-0.3, -0.25) is 24.1 Å². The van der Waals surface area contributed by atoms with Gasteiger partial charge < -0.3 is 10.2 Å². The van der Waals surface area contributed by atoms with Gasteiger partial charge in [-0.05, 0) is 43.4 Å². The first-order valence-electron chi connectivity index (χ1n) is 12.3. The number of nitrogens with zero attached hydrogens (tertiary/aromatic N) is 2. The molecule has 0 fully saturated rings. The van der Waals surface area contributed by atoms with E-state index in [0.29, 0.717) is 43.0 Å². The van der Waals surface area contributed by atoms with E-state index >= 15 is 0 Å². The molecule has 0 aliphatic carbocycles. The van der Waals surface area contributed by atoms with Crippen LogP contribution in [-0.2, 0) is 16.1 Å². The maximum atomic E-state index is 13.4. The zero-order valence-electron chi connectivity index (χ0n) is 21.0. The lowest BCUT2D eigenvalue weighted by atomic mass is 10.1. The van der Waals surface area contributed by atoms with Gasteiger partial charge in [-0.25, -0.2) is 0 Å². The Morgan fingerprint density at radius 1 is 1.00 bits per heavy atom. The lowest BCUT2D eigenvalue weighted by molar-refractivity contribution is -0.141. The Morgan fingerprint density at radius 2 is 1.66 bits per heavy atom. The highest BCUT2D eigenvalue weighted by atomic mass is 16.2. The van der Waals surface area contributed by atoms with Crippen LogP contribution < -0.4 is 5.32 Å². The average molecular weight is 478 g/mol. The van der Waals surface area contributed by atoms with Crippen molar-refractivity contribution in [2.75, 3.05) is 13.1 Å². The largest absolute Gasteiger partial charge is 0.354 e. The molecule has 1 aliphatic rings. The number of hydrogen-bond acceptors (Lipinski definition) is 4. The van der Waals surface area contributed by atoms with Crippen LogP contribution in [-0.4, -0.2) is 52.6 Å². The van der Waals surface area contributed by atoms with Crippen molar-refractivity contribution < 1.29 is 19.2 Å². The summed E-state index contributed by atoms with van der Waals surface area (Å²) in [6.45, 7) is 8.96. The molecule has 3 rings (SSSR count). The summed E-state index contributed by atoms with van der Waals surface area (Å²) in [7, 11) is 0. The maximum absolute atomic E-state index is 13.4. The summed E-state index contributed by atoms with van der Waals surface area (Å²) in [5, 5.41) is 2.96. The molecule has 35 heavy (non-hydrogen) atoms. The standard InChI is InChI=1S/C28H35N3O4/c1-5-24(26(33)29-17-19(2)3)31(18-21-11-8-10-20(4)16-21)25(32)14-9-15-30-27(34)22-12-6-7-13-23(22)28(30)35/h6-8,10-13,16,19,24H,5,9,14-15,17-18H2,1-4H3,(H,29,33)/t24-/m1/s1. The Kier molecular flexibility index (Phi) is 8.79. The number of aryl methyl sites for hydroxylation is 1. The topological polar surface area (TPSA) is 86.8 Å². The third-order valence-corrected chi connectivity index (χ3v) is 6.16. The molecule has 0 saturated carbocycles. The molecule has 1 N–H and O–H groups in total. The van der Waals surface area contributed by atoms with Crippen LogP contribution in [0, 0.1) is 12.8 Å². The van der Waals surface area contributed by atoms with Gasteiger partial charge in [0.2, 0.25) is 11.8 Å². The second kappa shape index (κ2) is 11.8. The fourth-order valence-electron chi connectivity index (χ4n) is 4.32. The monoisotopic (exact) mass is 477 g/mol. The molecule has 0 aromatic heterocycles. The number of rotatable bonds is 11. The fourth-order valence-corrected chi connectivity index (χ4v) is 4.32. The van der Waals surface area contributed by atoms with Gasteiger partial charge >= 0.3 is 0 Å². The van der Waals surface area contributed by atoms with E-state index in [1.54, 1.807) is 29.2 Å². The van der Waals surface area contributed by atoms with Crippen molar-refractivity contribution in [1.82, 2.24) is 15.1 Å². The number of hydrogen-bond donors (Lipinski definition) is 1. The van der Waals surface area contributed by atoms with Crippen molar-refractivity contribution >= 4 is 23.6 Å². The van der Waals surface area contributed by atoms with Gasteiger partial charge in [-0.2, -0.15) is 0 Å². The smallest absolute Gasteiger partial charge is 0.261 e. The highest BCUT2D eigenvalue weighted by molar-refractivity contribution is 6.21. The van der Waals surface area contributed by atoms with Gasteiger partial charge in [0.15, 0.2) is 0 Å². The number of carbonyl (C=O) groups excluding carboxylic acids is 4. The minimum absolute atomic E-state index is 0.132. The molecule has 1 atom stereocenters. The van der Waals surface area contributed by atoms with E-state index in [0.717, 1.165) is 11.1 Å². The number of amides is 4. The highest BCUT2D eigenvalue weighted by Gasteiger charge is 2.35. The predicted molar refractivity (Wildman–Crippen MR) is 135 cm³/mol. The molecule has 7 heteroatoms. The quantitative estimate of drug-likeness (QED) is 0.497. The van der Waals surface area contributed by atoms with Crippen molar-refractivity contribution in [2.45, 2.75) is 59.5 Å². The third kappa shape index (κ3) is 6.35. The molecule has 0 unspecified atom stereocenters. The molecule has 4 amide bonds. The molecule has 1 heterocycles. The van der Waals surface area contributed by atoms with Crippen LogP contribution in [0.2, 0.25) is 0 Å². The van der Waals surface area contributed by atoms with Crippen LogP contribution in [0.5, 0.6) is 0 Å². The molecular weight excluding hydrogens is 442 g/mol. The van der Waals surface area contributed by atoms with E-state index in [9.17, 15) is 19.2 Å². The van der Waals surface area contributed by atoms with Crippen molar-refractivity contribution in [2.24, 2.45) is 5.92 Å². The van der Waals surface area contributed by atoms with Gasteiger partial charge in [0.1, 0.15) is 6.04 Å². The summed E-state index contributed by atoms with van der Waals surface area (Å²) in [4.78, 5) is 54.4. The second-order valence-electron chi connectivity index (χ2n) is 9.48. The number of benzene rings is 2. The number of imide groups is 1. The number of carbonyl (C=O) groups is 4. The van der Waals surface area contributed by atoms with E-state index in [2.05, 4.69) is 5.32 Å². The summed E-state index contributed by atoms with van der Waals surface area (Å²) >= 11 is 0. The molecule has 7 nitrogen and oxygen atoms in total. The number of nitrogens with one attached hydrogen (secondary N) is 1. The van der Waals surface area contributed by atoms with Crippen LogP contribution in [0.15, 0.2) is 48.5 Å². The fraction of sp³-hybridized carbons (Fsp3) is 0.429. The van der Waals surface area contributed by atoms with Gasteiger partial charge in [0, 0.05) is 26.1 Å². The van der Waals surface area contributed by atoms with Crippen LogP contribution in [0.3, 0.4) is 0 Å². The van der Waals surface area contributed by atoms with Crippen LogP contribution in [0.1, 0.15) is 71.9 Å². The SMILES string of the molecule is CC[C@H](C(=O)NCC(C)C)N(Cc1cccc(C)c1)C(=O)CCCN1C(=O)c2ccccc2C1=O. The molecule has 0 spiro atoms. The van der Waals surface area contributed by atoms with Crippen LogP contribution in [0.4, 0.5) is 0 Å². The van der Waals surface area contributed by atoms with Crippen molar-refractivity contribution in [3.63, 3.8) is 0 Å². The molecule has 0 radical (unpaired) electrons. The molecular formula is C28H35N3O4. The van der Waals surface area contributed by atoms with E-state index in [4.69, 9.17) is 0 Å². The second-order valence-corrected chi connectivity index (χ2v) is 9.48. The maximum Gasteiger partial charge on any atom is 0.261 e. The Balaban J connectivity index is 1.70. The molecule has 2 aromatic carbocycles. The van der Waals surface area contributed by atoms with Crippen LogP contribution in [0.25, 0.3) is 0 Å². The summed E-state index contributed by atoms with van der Waals surface area (Å²) in [5.41, 5.74) is 2.84. The Morgan fingerprint density at radius 3 is 2.23 bits per heavy atom. The van der Waals surface area contributed by atoms with Gasteiger partial charge in [0.05, 0.1) is 11.1 Å². The first-order chi connectivity index (χ1) is 16.7. The van der Waals surface area contributed by atoms with Crippen molar-refractivity contribution in [1.29, 1.82) is 0 Å². The summed E-state index contributed by atoms with van der Waals surface area (Å²) < 4.78 is 0. The lowest BCUT2D eigenvalue weighted by Crippen LogP contribution is -2.49. The van der Waals surface area contributed by atoms with E-state index in [-0.39, 0.29) is 36.6 Å². The minimum Gasteiger partial charge on any atom is -0.354 e. The van der Waals surface area contributed by atoms with Gasteiger partial charge in [-0.1, -0.05) is 62.7 Å². The minimum atomic E-state index is -0.596. The van der Waals surface area contributed by atoms with Crippen molar-refractivity contribution in [3.05, 3.63) is 70.8 Å². The average Bonchev–Trinajstić information content (AvgIpc) is 3.07. The molecule has 0 bridgehead atoms. The third-order valence-electron chi connectivity index (χ3n) is 6.16. The zero-order valence-corrected chi connectivity index (χ0v) is 21.0. The Labute approximate surface area is 207 Å². The Bertz CT molecular complexity index is 1060.